The van der Waals surface area contributed by atoms with Crippen LogP contribution in [0.5, 0.6) is 0 Å². The number of hydrogen-bond donors (Lipinski definition) is 2. The second-order valence-corrected chi connectivity index (χ2v) is 7.90. The van der Waals surface area contributed by atoms with E-state index in [0.29, 0.717) is 30.6 Å². The van der Waals surface area contributed by atoms with E-state index in [9.17, 15) is 14.0 Å². The molecule has 2 rings (SSSR count). The summed E-state index contributed by atoms with van der Waals surface area (Å²) in [7, 11) is 0. The van der Waals surface area contributed by atoms with Gasteiger partial charge in [-0.25, -0.2) is 9.18 Å². The molecule has 2 aromatic rings. The maximum Gasteiger partial charge on any atom is 0.407 e. The summed E-state index contributed by atoms with van der Waals surface area (Å²) in [6.45, 7) is 7.93. The van der Waals surface area contributed by atoms with Crippen LogP contribution in [0.3, 0.4) is 0 Å². The number of ether oxygens (including phenoxy) is 1. The van der Waals surface area contributed by atoms with Crippen molar-refractivity contribution >= 4 is 12.0 Å². The molecule has 1 atom stereocenters. The summed E-state index contributed by atoms with van der Waals surface area (Å²) in [4.78, 5) is 23.9. The minimum atomic E-state index is -0.543. The Hall–Kier alpha value is -2.89. The molecule has 1 unspecified atom stereocenters. The highest BCUT2D eigenvalue weighted by molar-refractivity contribution is 5.83. The van der Waals surface area contributed by atoms with Crippen LogP contribution in [0, 0.1) is 5.82 Å². The number of carbonyl (C=O) groups excluding carboxylic acids is 2. The van der Waals surface area contributed by atoms with Crippen LogP contribution >= 0.6 is 0 Å². The molecule has 0 bridgehead atoms. The second-order valence-electron chi connectivity index (χ2n) is 7.90. The third-order valence-electron chi connectivity index (χ3n) is 4.29. The molecular weight excluding hydrogens is 371 g/mol. The molecule has 0 aliphatic carbocycles. The second kappa shape index (κ2) is 10.0. The summed E-state index contributed by atoms with van der Waals surface area (Å²) in [5.74, 6) is -1.02. The van der Waals surface area contributed by atoms with Gasteiger partial charge in [-0.15, -0.1) is 0 Å². The predicted molar refractivity (Wildman–Crippen MR) is 112 cm³/mol. The minimum absolute atomic E-state index is 0.186. The molecule has 6 heteroatoms. The first-order chi connectivity index (χ1) is 13.7. The summed E-state index contributed by atoms with van der Waals surface area (Å²) in [5, 5.41) is 5.46. The zero-order valence-corrected chi connectivity index (χ0v) is 17.4. The van der Waals surface area contributed by atoms with Gasteiger partial charge in [-0.3, -0.25) is 4.79 Å². The Morgan fingerprint density at radius 1 is 1.03 bits per heavy atom. The topological polar surface area (TPSA) is 67.4 Å². The lowest BCUT2D eigenvalue weighted by Gasteiger charge is -2.19. The van der Waals surface area contributed by atoms with Crippen LogP contribution in [-0.4, -0.2) is 30.7 Å². The van der Waals surface area contributed by atoms with Gasteiger partial charge in [0.25, 0.3) is 0 Å². The molecule has 0 aromatic heterocycles. The van der Waals surface area contributed by atoms with Crippen LogP contribution < -0.4 is 10.6 Å². The Balaban J connectivity index is 1.81. The van der Waals surface area contributed by atoms with Crippen molar-refractivity contribution in [3.8, 4) is 11.1 Å². The molecule has 0 aliphatic rings. The molecular formula is C23H29FN2O3. The largest absolute Gasteiger partial charge is 0.444 e. The van der Waals surface area contributed by atoms with Crippen molar-refractivity contribution in [2.75, 3.05) is 13.1 Å². The van der Waals surface area contributed by atoms with Gasteiger partial charge in [0.2, 0.25) is 5.91 Å². The van der Waals surface area contributed by atoms with Crippen molar-refractivity contribution in [3.05, 3.63) is 59.9 Å². The normalized spacial score (nSPS) is 12.2. The monoisotopic (exact) mass is 400 g/mol. The molecule has 2 amide bonds. The average Bonchev–Trinajstić information content (AvgIpc) is 2.66. The first-order valence-electron chi connectivity index (χ1n) is 9.77. The zero-order valence-electron chi connectivity index (χ0n) is 17.4. The first kappa shape index (κ1) is 22.4. The molecule has 0 spiro atoms. The molecule has 0 aliphatic heterocycles. The highest BCUT2D eigenvalue weighted by Gasteiger charge is 2.18. The van der Waals surface area contributed by atoms with E-state index in [2.05, 4.69) is 10.6 Å². The molecule has 0 fully saturated rings. The van der Waals surface area contributed by atoms with E-state index in [0.717, 1.165) is 5.56 Å². The smallest absolute Gasteiger partial charge is 0.407 e. The van der Waals surface area contributed by atoms with E-state index in [4.69, 9.17) is 4.74 Å². The first-order valence-corrected chi connectivity index (χ1v) is 9.77. The van der Waals surface area contributed by atoms with Crippen molar-refractivity contribution in [3.63, 3.8) is 0 Å². The van der Waals surface area contributed by atoms with E-state index in [1.807, 2.05) is 30.3 Å². The fourth-order valence-electron chi connectivity index (χ4n) is 2.76. The molecule has 0 saturated carbocycles. The quantitative estimate of drug-likeness (QED) is 0.666. The lowest BCUT2D eigenvalue weighted by Crippen LogP contribution is -2.35. The average molecular weight is 400 g/mol. The number of nitrogens with one attached hydrogen (secondary N) is 2. The van der Waals surface area contributed by atoms with Crippen molar-refractivity contribution in [1.82, 2.24) is 10.6 Å². The van der Waals surface area contributed by atoms with Crippen LogP contribution in [0.25, 0.3) is 11.1 Å². The van der Waals surface area contributed by atoms with Crippen molar-refractivity contribution < 1.29 is 18.7 Å². The van der Waals surface area contributed by atoms with Gasteiger partial charge in [-0.2, -0.15) is 0 Å². The van der Waals surface area contributed by atoms with Gasteiger partial charge in [0.15, 0.2) is 0 Å². The molecule has 2 aromatic carbocycles. The number of alkyl carbamates (subject to hydrolysis) is 1. The lowest BCUT2D eigenvalue weighted by atomic mass is 9.96. The van der Waals surface area contributed by atoms with Crippen LogP contribution in [0.1, 0.15) is 45.6 Å². The summed E-state index contributed by atoms with van der Waals surface area (Å²) >= 11 is 0. The minimum Gasteiger partial charge on any atom is -0.444 e. The molecule has 5 nitrogen and oxygen atoms in total. The Morgan fingerprint density at radius 2 is 1.69 bits per heavy atom. The Bertz CT molecular complexity index is 832. The fraction of sp³-hybridized carbons (Fsp3) is 0.391. The van der Waals surface area contributed by atoms with Gasteiger partial charge in [0, 0.05) is 18.7 Å². The third-order valence-corrected chi connectivity index (χ3v) is 4.29. The molecule has 29 heavy (non-hydrogen) atoms. The zero-order chi connectivity index (χ0) is 21.4. The van der Waals surface area contributed by atoms with E-state index in [1.165, 1.54) is 6.07 Å². The van der Waals surface area contributed by atoms with Crippen molar-refractivity contribution in [1.29, 1.82) is 0 Å². The molecule has 156 valence electrons. The van der Waals surface area contributed by atoms with Crippen LogP contribution in [0.2, 0.25) is 0 Å². The third kappa shape index (κ3) is 7.22. The Labute approximate surface area is 171 Å². The van der Waals surface area contributed by atoms with E-state index >= 15 is 0 Å². The number of hydrogen-bond acceptors (Lipinski definition) is 3. The molecule has 0 heterocycles. The fourth-order valence-corrected chi connectivity index (χ4v) is 2.76. The summed E-state index contributed by atoms with van der Waals surface area (Å²) in [6, 6.07) is 14.2. The molecule has 0 saturated heterocycles. The highest BCUT2D eigenvalue weighted by atomic mass is 19.1. The van der Waals surface area contributed by atoms with Gasteiger partial charge >= 0.3 is 6.09 Å². The van der Waals surface area contributed by atoms with Crippen molar-refractivity contribution in [2.24, 2.45) is 0 Å². The van der Waals surface area contributed by atoms with Crippen LogP contribution in [0.15, 0.2) is 48.5 Å². The number of rotatable bonds is 7. The number of halogens is 1. The van der Waals surface area contributed by atoms with Gasteiger partial charge < -0.3 is 15.4 Å². The van der Waals surface area contributed by atoms with Crippen LogP contribution in [-0.2, 0) is 9.53 Å². The summed E-state index contributed by atoms with van der Waals surface area (Å²) in [5.41, 5.74) is 1.38. The standard InChI is InChI=1S/C23H29FN2O3/c1-16(21(27)25-13-8-14-26-22(28)29-23(2,3)4)18-11-12-19(20(24)15-18)17-9-6-5-7-10-17/h5-7,9-12,15-16H,8,13-14H2,1-4H3,(H,25,27)(H,26,28). The predicted octanol–water partition coefficient (Wildman–Crippen LogP) is 4.63. The molecule has 0 radical (unpaired) electrons. The van der Waals surface area contributed by atoms with Gasteiger partial charge in [-0.1, -0.05) is 42.5 Å². The SMILES string of the molecule is CC(C(=O)NCCCNC(=O)OC(C)(C)C)c1ccc(-c2ccccc2)c(F)c1. The maximum absolute atomic E-state index is 14.5. The number of amides is 2. The van der Waals surface area contributed by atoms with Crippen molar-refractivity contribution in [2.45, 2.75) is 45.6 Å². The van der Waals surface area contributed by atoms with Gasteiger partial charge in [-0.05, 0) is 51.3 Å². The van der Waals surface area contributed by atoms with E-state index in [-0.39, 0.29) is 11.7 Å². The van der Waals surface area contributed by atoms with Gasteiger partial charge in [0.05, 0.1) is 5.92 Å². The Kier molecular flexibility index (Phi) is 7.76. The highest BCUT2D eigenvalue weighted by Crippen LogP contribution is 2.26. The summed E-state index contributed by atoms with van der Waals surface area (Å²) in [6.07, 6.45) is 0.0881. The maximum atomic E-state index is 14.5. The van der Waals surface area contributed by atoms with Gasteiger partial charge in [0.1, 0.15) is 11.4 Å². The molecule has 2 N–H and O–H groups in total. The van der Waals surface area contributed by atoms with E-state index < -0.39 is 17.6 Å². The Morgan fingerprint density at radius 3 is 2.31 bits per heavy atom. The lowest BCUT2D eigenvalue weighted by molar-refractivity contribution is -0.122. The van der Waals surface area contributed by atoms with Crippen LogP contribution in [0.4, 0.5) is 9.18 Å². The number of carbonyl (C=O) groups is 2. The number of benzene rings is 2. The summed E-state index contributed by atoms with van der Waals surface area (Å²) < 4.78 is 19.7. The van der Waals surface area contributed by atoms with E-state index in [1.54, 1.807) is 39.8 Å².